The summed E-state index contributed by atoms with van der Waals surface area (Å²) in [5, 5.41) is -1.04. The fourth-order valence-electron chi connectivity index (χ4n) is 2.95. The summed E-state index contributed by atoms with van der Waals surface area (Å²) in [6.45, 7) is 6.19. The molecular formula is C15H22INO8S. The van der Waals surface area contributed by atoms with Gasteiger partial charge >= 0.3 is 12.1 Å². The van der Waals surface area contributed by atoms with Gasteiger partial charge in [0.25, 0.3) is 0 Å². The van der Waals surface area contributed by atoms with E-state index in [2.05, 4.69) is 0 Å². The summed E-state index contributed by atoms with van der Waals surface area (Å²) in [5.41, 5.74) is 0. The van der Waals surface area contributed by atoms with Gasteiger partial charge in [0.05, 0.1) is 6.61 Å². The van der Waals surface area contributed by atoms with Crippen molar-refractivity contribution in [2.45, 2.75) is 66.9 Å². The number of carbonyl (C=O) groups excluding carboxylic acids is 3. The quantitative estimate of drug-likeness (QED) is 0.133. The van der Waals surface area contributed by atoms with Crippen LogP contribution in [0.1, 0.15) is 40.5 Å². The zero-order valence-electron chi connectivity index (χ0n) is 14.9. The van der Waals surface area contributed by atoms with E-state index >= 15 is 0 Å². The predicted octanol–water partition coefficient (Wildman–Crippen LogP) is 1.38. The number of carbonyl (C=O) groups is 3. The minimum absolute atomic E-state index is 0.185. The van der Waals surface area contributed by atoms with Gasteiger partial charge in [-0.1, -0.05) is 35.9 Å². The molecule has 4 atom stereocenters. The highest BCUT2D eigenvalue weighted by atomic mass is 127. The van der Waals surface area contributed by atoms with Gasteiger partial charge < -0.3 is 19.1 Å². The Kier molecular flexibility index (Phi) is 6.10. The van der Waals surface area contributed by atoms with Crippen molar-refractivity contribution in [1.82, 2.24) is 4.90 Å². The SMILES string of the molecule is CCCCOC(=O)OC(C)OC(=O)[C@@H]1N2C(=O)[C@@H](I)[C@H]2S(=O)(=O)C1(C)C. The second kappa shape index (κ2) is 7.49. The maximum absolute atomic E-state index is 12.6. The molecule has 0 N–H and O–H groups in total. The molecule has 2 saturated heterocycles. The summed E-state index contributed by atoms with van der Waals surface area (Å²) in [6, 6.07) is -1.29. The van der Waals surface area contributed by atoms with Crippen molar-refractivity contribution in [3.8, 4) is 0 Å². The van der Waals surface area contributed by atoms with Gasteiger partial charge in [-0.25, -0.2) is 18.0 Å². The molecule has 0 aromatic carbocycles. The molecule has 11 heteroatoms. The maximum Gasteiger partial charge on any atom is 0.511 e. The number of esters is 1. The highest BCUT2D eigenvalue weighted by molar-refractivity contribution is 14.1. The molecule has 1 amide bonds. The number of halogens is 1. The summed E-state index contributed by atoms with van der Waals surface area (Å²) < 4.78 is 37.7. The number of sulfone groups is 1. The average Bonchev–Trinajstić information content (AvgIpc) is 2.67. The molecule has 0 aromatic heterocycles. The van der Waals surface area contributed by atoms with Crippen molar-refractivity contribution in [2.24, 2.45) is 0 Å². The van der Waals surface area contributed by atoms with E-state index in [1.165, 1.54) is 20.8 Å². The van der Waals surface area contributed by atoms with Gasteiger partial charge in [0.2, 0.25) is 12.2 Å². The van der Waals surface area contributed by atoms with E-state index in [1.807, 2.05) is 6.92 Å². The molecule has 0 bridgehead atoms. The topological polar surface area (TPSA) is 116 Å². The maximum atomic E-state index is 12.6. The molecule has 2 aliphatic heterocycles. The van der Waals surface area contributed by atoms with E-state index in [-0.39, 0.29) is 6.61 Å². The number of rotatable bonds is 6. The highest BCUT2D eigenvalue weighted by Gasteiger charge is 2.72. The molecule has 26 heavy (non-hydrogen) atoms. The van der Waals surface area contributed by atoms with Gasteiger partial charge in [-0.15, -0.1) is 0 Å². The first kappa shape index (κ1) is 21.2. The second-order valence-corrected chi connectivity index (χ2v) is 10.6. The minimum Gasteiger partial charge on any atom is -0.434 e. The Hall–Kier alpha value is -1.11. The average molecular weight is 503 g/mol. The Morgan fingerprint density at radius 3 is 2.50 bits per heavy atom. The molecule has 1 unspecified atom stereocenters. The standard InChI is InChI=1S/C15H22INO8S/c1-5-6-7-23-14(20)25-8(2)24-13(19)10-15(3,4)26(21,22)12-9(16)11(18)17(10)12/h8-10,12H,5-7H2,1-4H3/t8?,9-,10+,12-/m1/s1. The lowest BCUT2D eigenvalue weighted by atomic mass is 9.98. The van der Waals surface area contributed by atoms with Crippen LogP contribution in [0.5, 0.6) is 0 Å². The van der Waals surface area contributed by atoms with Crippen LogP contribution in [0, 0.1) is 0 Å². The Morgan fingerprint density at radius 1 is 1.31 bits per heavy atom. The molecular weight excluding hydrogens is 481 g/mol. The van der Waals surface area contributed by atoms with Gasteiger partial charge in [-0.3, -0.25) is 4.79 Å². The van der Waals surface area contributed by atoms with Crippen molar-refractivity contribution in [3.05, 3.63) is 0 Å². The number of nitrogens with zero attached hydrogens (tertiary/aromatic N) is 1. The largest absolute Gasteiger partial charge is 0.511 e. The van der Waals surface area contributed by atoms with Crippen LogP contribution in [-0.2, 0) is 33.6 Å². The third-order valence-electron chi connectivity index (χ3n) is 4.49. The second-order valence-electron chi connectivity index (χ2n) is 6.66. The van der Waals surface area contributed by atoms with E-state index in [4.69, 9.17) is 14.2 Å². The number of hydrogen-bond donors (Lipinski definition) is 0. The molecule has 2 fully saturated rings. The van der Waals surface area contributed by atoms with Crippen LogP contribution >= 0.6 is 22.6 Å². The fraction of sp³-hybridized carbons (Fsp3) is 0.800. The Labute approximate surface area is 165 Å². The van der Waals surface area contributed by atoms with Gasteiger partial charge in [0.15, 0.2) is 15.2 Å². The summed E-state index contributed by atoms with van der Waals surface area (Å²) in [6.07, 6.45) is -0.748. The highest BCUT2D eigenvalue weighted by Crippen LogP contribution is 2.48. The third-order valence-corrected chi connectivity index (χ3v) is 9.02. The summed E-state index contributed by atoms with van der Waals surface area (Å²) in [7, 11) is -3.75. The number of unbranched alkanes of at least 4 members (excludes halogenated alkanes) is 1. The Bertz CT molecular complexity index is 706. The van der Waals surface area contributed by atoms with Crippen molar-refractivity contribution < 1.29 is 37.0 Å². The first-order valence-electron chi connectivity index (χ1n) is 8.20. The minimum atomic E-state index is -3.75. The number of fused-ring (bicyclic) bond motifs is 1. The fourth-order valence-corrected chi connectivity index (χ4v) is 6.88. The van der Waals surface area contributed by atoms with Crippen LogP contribution in [-0.4, -0.2) is 64.3 Å². The van der Waals surface area contributed by atoms with Crippen LogP contribution in [0.15, 0.2) is 0 Å². The molecule has 2 rings (SSSR count). The first-order chi connectivity index (χ1) is 12.0. The molecule has 0 aliphatic carbocycles. The van der Waals surface area contributed by atoms with Crippen molar-refractivity contribution in [3.63, 3.8) is 0 Å². The van der Waals surface area contributed by atoms with Crippen LogP contribution < -0.4 is 0 Å². The first-order valence-corrected chi connectivity index (χ1v) is 11.0. The van der Waals surface area contributed by atoms with E-state index in [0.717, 1.165) is 11.3 Å². The van der Waals surface area contributed by atoms with Crippen molar-refractivity contribution in [1.29, 1.82) is 0 Å². The monoisotopic (exact) mass is 503 g/mol. The lowest BCUT2D eigenvalue weighted by Gasteiger charge is -2.40. The zero-order chi connectivity index (χ0) is 19.9. The van der Waals surface area contributed by atoms with Crippen LogP contribution in [0.2, 0.25) is 0 Å². The summed E-state index contributed by atoms with van der Waals surface area (Å²) in [5.74, 6) is -1.37. The number of hydrogen-bond acceptors (Lipinski definition) is 8. The Balaban J connectivity index is 2.05. The molecule has 0 radical (unpaired) electrons. The number of alkyl halides is 1. The summed E-state index contributed by atoms with van der Waals surface area (Å²) in [4.78, 5) is 37.1. The van der Waals surface area contributed by atoms with E-state index in [0.29, 0.717) is 6.42 Å². The molecule has 148 valence electrons. The molecule has 0 spiro atoms. The smallest absolute Gasteiger partial charge is 0.434 e. The van der Waals surface area contributed by atoms with E-state index in [1.54, 1.807) is 22.6 Å². The van der Waals surface area contributed by atoms with Gasteiger partial charge in [-0.2, -0.15) is 0 Å². The normalized spacial score (nSPS) is 29.3. The molecule has 2 heterocycles. The summed E-state index contributed by atoms with van der Waals surface area (Å²) >= 11 is 1.76. The van der Waals surface area contributed by atoms with E-state index < -0.39 is 54.2 Å². The Morgan fingerprint density at radius 2 is 1.92 bits per heavy atom. The van der Waals surface area contributed by atoms with Gasteiger partial charge in [0, 0.05) is 6.92 Å². The lowest BCUT2D eigenvalue weighted by Crippen LogP contribution is -2.64. The molecule has 9 nitrogen and oxygen atoms in total. The van der Waals surface area contributed by atoms with Crippen LogP contribution in [0.3, 0.4) is 0 Å². The third kappa shape index (κ3) is 3.39. The van der Waals surface area contributed by atoms with Gasteiger partial charge in [-0.05, 0) is 20.3 Å². The van der Waals surface area contributed by atoms with E-state index in [9.17, 15) is 22.8 Å². The lowest BCUT2D eigenvalue weighted by molar-refractivity contribution is -0.179. The van der Waals surface area contributed by atoms with Crippen molar-refractivity contribution >= 4 is 50.5 Å². The van der Waals surface area contributed by atoms with Gasteiger partial charge in [0.1, 0.15) is 14.7 Å². The molecule has 0 saturated carbocycles. The molecule has 0 aromatic rings. The number of ether oxygens (including phenoxy) is 3. The molecule has 2 aliphatic rings. The van der Waals surface area contributed by atoms with Crippen molar-refractivity contribution in [2.75, 3.05) is 6.61 Å². The zero-order valence-corrected chi connectivity index (χ0v) is 17.9. The van der Waals surface area contributed by atoms with Crippen LogP contribution in [0.25, 0.3) is 0 Å². The number of β-lactam (4-membered cyclic amide) rings is 1. The van der Waals surface area contributed by atoms with Crippen LogP contribution in [0.4, 0.5) is 4.79 Å². The number of amides is 1. The predicted molar refractivity (Wildman–Crippen MR) is 98.1 cm³/mol.